The van der Waals surface area contributed by atoms with Gasteiger partial charge in [-0.2, -0.15) is 0 Å². The van der Waals surface area contributed by atoms with Crippen LogP contribution in [0.1, 0.15) is 31.4 Å². The minimum absolute atomic E-state index is 0.0254. The van der Waals surface area contributed by atoms with Gasteiger partial charge in [0.15, 0.2) is 0 Å². The van der Waals surface area contributed by atoms with E-state index in [1.54, 1.807) is 36.4 Å². The maximum Gasteiger partial charge on any atom is 0.264 e. The minimum Gasteiger partial charge on any atom is -0.494 e. The molecule has 4 aromatic carbocycles. The molecule has 0 fully saturated rings. The van der Waals surface area contributed by atoms with Crippen molar-refractivity contribution in [1.29, 1.82) is 0 Å². The second kappa shape index (κ2) is 16.8. The third-order valence-electron chi connectivity index (χ3n) is 7.18. The summed E-state index contributed by atoms with van der Waals surface area (Å²) in [5, 5.41) is 2.96. The lowest BCUT2D eigenvalue weighted by atomic mass is 10.0. The highest BCUT2D eigenvalue weighted by molar-refractivity contribution is 9.10. The predicted molar refractivity (Wildman–Crippen MR) is 188 cm³/mol. The van der Waals surface area contributed by atoms with Crippen LogP contribution in [0.4, 0.5) is 5.69 Å². The van der Waals surface area contributed by atoms with Gasteiger partial charge < -0.3 is 15.0 Å². The summed E-state index contributed by atoms with van der Waals surface area (Å²) in [4.78, 5) is 29.8. The van der Waals surface area contributed by atoms with E-state index in [1.165, 1.54) is 17.0 Å². The molecule has 0 spiro atoms. The number of carbonyl (C=O) groups is 2. The first-order chi connectivity index (χ1) is 22.1. The van der Waals surface area contributed by atoms with Crippen molar-refractivity contribution in [3.8, 4) is 5.75 Å². The van der Waals surface area contributed by atoms with E-state index in [1.807, 2.05) is 68.4 Å². The van der Waals surface area contributed by atoms with E-state index in [4.69, 9.17) is 4.74 Å². The second-order valence-corrected chi connectivity index (χ2v) is 14.2. The second-order valence-electron chi connectivity index (χ2n) is 10.5. The van der Waals surface area contributed by atoms with Gasteiger partial charge in [-0.05, 0) is 85.1 Å². The first-order valence-corrected chi connectivity index (χ1v) is 18.0. The van der Waals surface area contributed by atoms with Gasteiger partial charge in [-0.3, -0.25) is 13.9 Å². The van der Waals surface area contributed by atoms with Gasteiger partial charge in [0, 0.05) is 28.5 Å². The quantitative estimate of drug-likeness (QED) is 0.141. The molecule has 4 rings (SSSR count). The summed E-state index contributed by atoms with van der Waals surface area (Å²) >= 11 is 6.87. The van der Waals surface area contributed by atoms with Crippen LogP contribution in [0.2, 0.25) is 0 Å². The molecule has 2 amide bonds. The summed E-state index contributed by atoms with van der Waals surface area (Å²) in [6.45, 7) is 4.26. The molecule has 0 saturated heterocycles. The molecule has 242 valence electrons. The Morgan fingerprint density at radius 2 is 1.50 bits per heavy atom. The molecule has 0 aliphatic rings. The molecule has 0 aliphatic heterocycles. The number of nitrogens with zero attached hydrogens (tertiary/aromatic N) is 2. The normalized spacial score (nSPS) is 11.8. The largest absolute Gasteiger partial charge is 0.494 e. The van der Waals surface area contributed by atoms with Crippen molar-refractivity contribution >= 4 is 59.4 Å². The maximum atomic E-state index is 14.5. The SMILES string of the molecule is CCCNC(=O)[C@H](Cc1ccccc1)N(Cc1cccc(Br)c1)C(=O)CN(c1ccc(OCC)cc1)S(=O)(=O)c1ccc(Br)cc1. The standard InChI is InChI=1S/C35H37Br2N3O5S/c1-3-21-38-35(42)33(23-26-9-6-5-7-10-26)39(24-27-11-8-12-29(37)22-27)34(41)25-40(30-15-17-31(18-16-30)45-4-2)46(43,44)32-19-13-28(36)14-20-32/h5-20,22,33H,3-4,21,23-25H2,1-2H3,(H,38,42)/t33-/m0/s1. The molecule has 0 saturated carbocycles. The Hall–Kier alpha value is -3.67. The molecule has 11 heteroatoms. The Morgan fingerprint density at radius 1 is 0.826 bits per heavy atom. The molecule has 8 nitrogen and oxygen atoms in total. The fraction of sp³-hybridized carbons (Fsp3) is 0.257. The number of amides is 2. The van der Waals surface area contributed by atoms with Gasteiger partial charge in [0.25, 0.3) is 10.0 Å². The van der Waals surface area contributed by atoms with Gasteiger partial charge >= 0.3 is 0 Å². The molecule has 0 radical (unpaired) electrons. The zero-order valence-corrected chi connectivity index (χ0v) is 29.7. The lowest BCUT2D eigenvalue weighted by Crippen LogP contribution is -2.53. The lowest BCUT2D eigenvalue weighted by molar-refractivity contribution is -0.140. The monoisotopic (exact) mass is 769 g/mol. The number of ether oxygens (including phenoxy) is 1. The van der Waals surface area contributed by atoms with Crippen molar-refractivity contribution in [2.45, 2.75) is 44.2 Å². The summed E-state index contributed by atoms with van der Waals surface area (Å²) in [6.07, 6.45) is 0.971. The number of sulfonamides is 1. The molecule has 1 atom stereocenters. The van der Waals surface area contributed by atoms with Crippen molar-refractivity contribution in [3.63, 3.8) is 0 Å². The minimum atomic E-state index is -4.21. The first kappa shape index (κ1) is 35.2. The molecule has 0 heterocycles. The molecular formula is C35H37Br2N3O5S. The van der Waals surface area contributed by atoms with Crippen LogP contribution in [-0.2, 0) is 32.6 Å². The Labute approximate surface area is 288 Å². The smallest absolute Gasteiger partial charge is 0.264 e. The summed E-state index contributed by atoms with van der Waals surface area (Å²) in [5.41, 5.74) is 1.95. The molecule has 0 aromatic heterocycles. The summed E-state index contributed by atoms with van der Waals surface area (Å²) < 4.78 is 36.5. The van der Waals surface area contributed by atoms with E-state index < -0.39 is 28.5 Å². The summed E-state index contributed by atoms with van der Waals surface area (Å²) in [5.74, 6) is -0.259. The Morgan fingerprint density at radius 3 is 2.13 bits per heavy atom. The fourth-order valence-corrected chi connectivity index (χ4v) is 7.01. The van der Waals surface area contributed by atoms with E-state index in [0.29, 0.717) is 18.9 Å². The first-order valence-electron chi connectivity index (χ1n) is 15.0. The molecule has 0 aliphatic carbocycles. The van der Waals surface area contributed by atoms with Crippen LogP contribution in [-0.4, -0.2) is 50.9 Å². The summed E-state index contributed by atoms with van der Waals surface area (Å²) in [6, 6.07) is 28.9. The fourth-order valence-electron chi connectivity index (χ4n) is 4.89. The van der Waals surface area contributed by atoms with Crippen molar-refractivity contribution in [3.05, 3.63) is 123 Å². The number of rotatable bonds is 15. The van der Waals surface area contributed by atoms with Crippen LogP contribution < -0.4 is 14.4 Å². The van der Waals surface area contributed by atoms with Crippen LogP contribution in [0, 0.1) is 0 Å². The molecule has 0 unspecified atom stereocenters. The van der Waals surface area contributed by atoms with Gasteiger partial charge in [-0.15, -0.1) is 0 Å². The number of hydrogen-bond donors (Lipinski definition) is 1. The molecule has 0 bridgehead atoms. The van der Waals surface area contributed by atoms with Crippen LogP contribution in [0.5, 0.6) is 5.75 Å². The number of nitrogens with one attached hydrogen (secondary N) is 1. The number of hydrogen-bond acceptors (Lipinski definition) is 5. The maximum absolute atomic E-state index is 14.5. The average molecular weight is 772 g/mol. The third-order valence-corrected chi connectivity index (χ3v) is 9.99. The average Bonchev–Trinajstić information content (AvgIpc) is 3.05. The van der Waals surface area contributed by atoms with E-state index in [2.05, 4.69) is 37.2 Å². The number of carbonyl (C=O) groups excluding carboxylic acids is 2. The highest BCUT2D eigenvalue weighted by Crippen LogP contribution is 2.28. The molecular weight excluding hydrogens is 734 g/mol. The van der Waals surface area contributed by atoms with E-state index in [0.717, 1.165) is 30.8 Å². The van der Waals surface area contributed by atoms with E-state index >= 15 is 0 Å². The Kier molecular flexibility index (Phi) is 12.8. The van der Waals surface area contributed by atoms with E-state index in [9.17, 15) is 18.0 Å². The predicted octanol–water partition coefficient (Wildman–Crippen LogP) is 6.97. The molecule has 1 N–H and O–H groups in total. The summed E-state index contributed by atoms with van der Waals surface area (Å²) in [7, 11) is -4.21. The van der Waals surface area contributed by atoms with Crippen molar-refractivity contribution < 1.29 is 22.7 Å². The zero-order chi connectivity index (χ0) is 33.1. The zero-order valence-electron chi connectivity index (χ0n) is 25.7. The molecule has 4 aromatic rings. The van der Waals surface area contributed by atoms with Crippen LogP contribution in [0.3, 0.4) is 0 Å². The molecule has 46 heavy (non-hydrogen) atoms. The number of halogens is 2. The van der Waals surface area contributed by atoms with Gasteiger partial charge in [0.2, 0.25) is 11.8 Å². The van der Waals surface area contributed by atoms with Crippen LogP contribution >= 0.6 is 31.9 Å². The highest BCUT2D eigenvalue weighted by atomic mass is 79.9. The van der Waals surface area contributed by atoms with Gasteiger partial charge in [-0.25, -0.2) is 8.42 Å². The van der Waals surface area contributed by atoms with Gasteiger partial charge in [0.05, 0.1) is 17.2 Å². The van der Waals surface area contributed by atoms with Crippen molar-refractivity contribution in [1.82, 2.24) is 10.2 Å². The van der Waals surface area contributed by atoms with Gasteiger partial charge in [0.1, 0.15) is 18.3 Å². The lowest BCUT2D eigenvalue weighted by Gasteiger charge is -2.34. The highest BCUT2D eigenvalue weighted by Gasteiger charge is 2.34. The number of benzene rings is 4. The van der Waals surface area contributed by atoms with Gasteiger partial charge in [-0.1, -0.05) is 81.2 Å². The number of anilines is 1. The topological polar surface area (TPSA) is 96.0 Å². The van der Waals surface area contributed by atoms with Crippen molar-refractivity contribution in [2.75, 3.05) is 24.0 Å². The van der Waals surface area contributed by atoms with Crippen molar-refractivity contribution in [2.24, 2.45) is 0 Å². The van der Waals surface area contributed by atoms with Crippen LogP contribution in [0.25, 0.3) is 0 Å². The van der Waals surface area contributed by atoms with E-state index in [-0.39, 0.29) is 29.5 Å². The third kappa shape index (κ3) is 9.43. The van der Waals surface area contributed by atoms with Crippen LogP contribution in [0.15, 0.2) is 117 Å². The Balaban J connectivity index is 1.79. The Bertz CT molecular complexity index is 1700.